The summed E-state index contributed by atoms with van der Waals surface area (Å²) in [6, 6.07) is 10.6. The van der Waals surface area contributed by atoms with E-state index in [1.54, 1.807) is 52.1 Å². The van der Waals surface area contributed by atoms with E-state index in [0.717, 1.165) is 21.8 Å². The third-order valence-electron chi connectivity index (χ3n) is 4.09. The second kappa shape index (κ2) is 10.1. The van der Waals surface area contributed by atoms with E-state index in [-0.39, 0.29) is 24.7 Å². The monoisotopic (exact) mass is 420 g/mol. The van der Waals surface area contributed by atoms with Crippen molar-refractivity contribution in [3.05, 3.63) is 41.3 Å². The molecule has 0 spiro atoms. The zero-order valence-corrected chi connectivity index (χ0v) is 17.7. The SMILES string of the molecule is CCOC(=O)C(C(=O)OCC)(C(=O)OCC)c1ccc(-c2ccc(OC)cc2)s1. The first-order valence-electron chi connectivity index (χ1n) is 9.21. The van der Waals surface area contributed by atoms with Crippen molar-refractivity contribution in [3.8, 4) is 16.2 Å². The molecule has 0 saturated carbocycles. The highest BCUT2D eigenvalue weighted by atomic mass is 32.1. The van der Waals surface area contributed by atoms with Crippen LogP contribution in [0.1, 0.15) is 25.6 Å². The zero-order valence-electron chi connectivity index (χ0n) is 16.9. The average molecular weight is 420 g/mol. The number of benzene rings is 1. The molecule has 0 atom stereocenters. The van der Waals surface area contributed by atoms with E-state index in [0.29, 0.717) is 5.75 Å². The van der Waals surface area contributed by atoms with Gasteiger partial charge in [-0.15, -0.1) is 11.3 Å². The van der Waals surface area contributed by atoms with Crippen molar-refractivity contribution in [1.82, 2.24) is 0 Å². The van der Waals surface area contributed by atoms with Crippen LogP contribution in [0.15, 0.2) is 36.4 Å². The summed E-state index contributed by atoms with van der Waals surface area (Å²) in [6.07, 6.45) is 0. The van der Waals surface area contributed by atoms with Crippen LogP contribution in [0.3, 0.4) is 0 Å². The highest BCUT2D eigenvalue weighted by molar-refractivity contribution is 7.16. The normalized spacial score (nSPS) is 10.9. The van der Waals surface area contributed by atoms with Gasteiger partial charge in [0.2, 0.25) is 0 Å². The minimum Gasteiger partial charge on any atom is -0.497 e. The Hall–Kier alpha value is -2.87. The van der Waals surface area contributed by atoms with E-state index >= 15 is 0 Å². The summed E-state index contributed by atoms with van der Waals surface area (Å²) in [4.78, 5) is 39.6. The molecule has 29 heavy (non-hydrogen) atoms. The summed E-state index contributed by atoms with van der Waals surface area (Å²) >= 11 is 1.13. The maximum Gasteiger partial charge on any atom is 0.340 e. The summed E-state index contributed by atoms with van der Waals surface area (Å²) in [6.45, 7) is 4.77. The van der Waals surface area contributed by atoms with Gasteiger partial charge in [0.25, 0.3) is 5.41 Å². The second-order valence-electron chi connectivity index (χ2n) is 5.80. The Morgan fingerprint density at radius 3 is 1.69 bits per heavy atom. The molecule has 0 saturated heterocycles. The highest BCUT2D eigenvalue weighted by Gasteiger charge is 2.60. The first-order chi connectivity index (χ1) is 13.9. The number of methoxy groups -OCH3 is 1. The van der Waals surface area contributed by atoms with Crippen molar-refractivity contribution in [2.24, 2.45) is 0 Å². The van der Waals surface area contributed by atoms with E-state index in [1.165, 1.54) is 0 Å². The fraction of sp³-hybridized carbons (Fsp3) is 0.381. The average Bonchev–Trinajstić information content (AvgIpc) is 3.19. The molecule has 2 rings (SSSR count). The van der Waals surface area contributed by atoms with Crippen LogP contribution in [0.5, 0.6) is 5.75 Å². The Morgan fingerprint density at radius 1 is 0.793 bits per heavy atom. The van der Waals surface area contributed by atoms with Crippen LogP contribution in [-0.2, 0) is 34.0 Å². The minimum absolute atomic E-state index is 0.00386. The van der Waals surface area contributed by atoms with Crippen LogP contribution in [0, 0.1) is 0 Å². The predicted octanol–water partition coefficient (Wildman–Crippen LogP) is 3.35. The molecule has 1 aromatic heterocycles. The molecular weight excluding hydrogens is 396 g/mol. The van der Waals surface area contributed by atoms with Gasteiger partial charge in [0.05, 0.1) is 26.9 Å². The molecule has 156 valence electrons. The standard InChI is InChI=1S/C21H24O7S/c1-5-26-18(22)21(19(23)27-6-2,20(24)28-7-3)17-13-12-16(29-17)14-8-10-15(25-4)11-9-14/h8-13H,5-7H2,1-4H3. The van der Waals surface area contributed by atoms with Gasteiger partial charge in [-0.3, -0.25) is 0 Å². The molecule has 0 aliphatic heterocycles. The number of esters is 3. The molecule has 7 nitrogen and oxygen atoms in total. The van der Waals surface area contributed by atoms with Crippen molar-refractivity contribution < 1.29 is 33.3 Å². The Balaban J connectivity index is 2.60. The number of ether oxygens (including phenoxy) is 4. The van der Waals surface area contributed by atoms with Gasteiger partial charge < -0.3 is 18.9 Å². The highest BCUT2D eigenvalue weighted by Crippen LogP contribution is 2.39. The summed E-state index contributed by atoms with van der Waals surface area (Å²) in [5, 5.41) is 0. The van der Waals surface area contributed by atoms with Crippen LogP contribution in [0.2, 0.25) is 0 Å². The Labute approximate surface area is 173 Å². The van der Waals surface area contributed by atoms with Crippen LogP contribution in [0.25, 0.3) is 10.4 Å². The molecule has 8 heteroatoms. The Kier molecular flexibility index (Phi) is 7.78. The lowest BCUT2D eigenvalue weighted by molar-refractivity contribution is -0.175. The summed E-state index contributed by atoms with van der Waals surface area (Å²) in [5.41, 5.74) is -1.48. The van der Waals surface area contributed by atoms with Gasteiger partial charge >= 0.3 is 17.9 Å². The third kappa shape index (κ3) is 4.42. The number of hydrogen-bond donors (Lipinski definition) is 0. The first kappa shape index (κ1) is 22.4. The molecule has 0 N–H and O–H groups in total. The molecule has 0 radical (unpaired) electrons. The molecule has 0 amide bonds. The minimum atomic E-state index is -2.32. The fourth-order valence-electron chi connectivity index (χ4n) is 2.72. The maximum absolute atomic E-state index is 12.9. The number of thiophene rings is 1. The molecular formula is C21H24O7S. The lowest BCUT2D eigenvalue weighted by Crippen LogP contribution is -2.53. The van der Waals surface area contributed by atoms with Gasteiger partial charge in [0, 0.05) is 9.75 Å². The van der Waals surface area contributed by atoms with Crippen LogP contribution >= 0.6 is 11.3 Å². The number of carbonyl (C=O) groups excluding carboxylic acids is 3. The smallest absolute Gasteiger partial charge is 0.340 e. The summed E-state index contributed by atoms with van der Waals surface area (Å²) < 4.78 is 20.4. The van der Waals surface area contributed by atoms with Gasteiger partial charge in [-0.25, -0.2) is 14.4 Å². The van der Waals surface area contributed by atoms with Crippen molar-refractivity contribution in [2.75, 3.05) is 26.9 Å². The van der Waals surface area contributed by atoms with Crippen molar-refractivity contribution in [2.45, 2.75) is 26.2 Å². The van der Waals surface area contributed by atoms with Gasteiger partial charge in [0.15, 0.2) is 0 Å². The van der Waals surface area contributed by atoms with E-state index in [2.05, 4.69) is 0 Å². The maximum atomic E-state index is 12.9. The van der Waals surface area contributed by atoms with Crippen LogP contribution in [-0.4, -0.2) is 44.8 Å². The van der Waals surface area contributed by atoms with Crippen LogP contribution < -0.4 is 4.74 Å². The van der Waals surface area contributed by atoms with Gasteiger partial charge in [0.1, 0.15) is 5.75 Å². The molecule has 0 aliphatic carbocycles. The second-order valence-corrected chi connectivity index (χ2v) is 6.89. The number of rotatable bonds is 9. The molecule has 0 fully saturated rings. The van der Waals surface area contributed by atoms with E-state index in [4.69, 9.17) is 18.9 Å². The molecule has 0 unspecified atom stereocenters. The molecule has 1 aromatic carbocycles. The quantitative estimate of drug-likeness (QED) is 0.349. The van der Waals surface area contributed by atoms with Gasteiger partial charge in [-0.05, 0) is 62.7 Å². The van der Waals surface area contributed by atoms with E-state index < -0.39 is 23.3 Å². The third-order valence-corrected chi connectivity index (χ3v) is 5.35. The summed E-state index contributed by atoms with van der Waals surface area (Å²) in [7, 11) is 1.57. The molecule has 1 heterocycles. The Bertz CT molecular complexity index is 809. The topological polar surface area (TPSA) is 88.1 Å². The predicted molar refractivity (Wildman–Crippen MR) is 108 cm³/mol. The van der Waals surface area contributed by atoms with Crippen molar-refractivity contribution in [3.63, 3.8) is 0 Å². The summed E-state index contributed by atoms with van der Waals surface area (Å²) in [5.74, 6) is -2.34. The lowest BCUT2D eigenvalue weighted by atomic mass is 9.86. The number of carbonyl (C=O) groups is 3. The van der Waals surface area contributed by atoms with Crippen molar-refractivity contribution >= 4 is 29.2 Å². The number of hydrogen-bond acceptors (Lipinski definition) is 8. The van der Waals surface area contributed by atoms with Gasteiger partial charge in [-0.1, -0.05) is 0 Å². The zero-order chi connectivity index (χ0) is 21.4. The largest absolute Gasteiger partial charge is 0.497 e. The van der Waals surface area contributed by atoms with Crippen LogP contribution in [0.4, 0.5) is 0 Å². The molecule has 2 aromatic rings. The van der Waals surface area contributed by atoms with E-state index in [9.17, 15) is 14.4 Å². The van der Waals surface area contributed by atoms with E-state index in [1.807, 2.05) is 12.1 Å². The fourth-order valence-corrected chi connectivity index (χ4v) is 3.89. The van der Waals surface area contributed by atoms with Gasteiger partial charge in [-0.2, -0.15) is 0 Å². The Morgan fingerprint density at radius 2 is 1.28 bits per heavy atom. The van der Waals surface area contributed by atoms with Crippen molar-refractivity contribution in [1.29, 1.82) is 0 Å². The molecule has 0 aliphatic rings. The first-order valence-corrected chi connectivity index (χ1v) is 10.0. The molecule has 0 bridgehead atoms. The lowest BCUT2D eigenvalue weighted by Gasteiger charge is -2.26.